The maximum atomic E-state index is 12.9. The predicted octanol–water partition coefficient (Wildman–Crippen LogP) is 2.75. The monoisotopic (exact) mass is 457 g/mol. The molecule has 0 spiro atoms. The molecule has 2 aromatic rings. The lowest BCUT2D eigenvalue weighted by molar-refractivity contribution is -0.136. The number of amides is 4. The average molecular weight is 458 g/mol. The molecule has 32 heavy (non-hydrogen) atoms. The summed E-state index contributed by atoms with van der Waals surface area (Å²) >= 11 is 6.16. The van der Waals surface area contributed by atoms with Crippen LogP contribution in [0.1, 0.15) is 23.1 Å². The molecule has 0 radical (unpaired) electrons. The predicted molar refractivity (Wildman–Crippen MR) is 118 cm³/mol. The maximum Gasteiger partial charge on any atom is 0.325 e. The van der Waals surface area contributed by atoms with Gasteiger partial charge < -0.3 is 19.7 Å². The number of urea groups is 1. The fourth-order valence-electron chi connectivity index (χ4n) is 4.06. The highest BCUT2D eigenvalue weighted by Gasteiger charge is 2.40. The third kappa shape index (κ3) is 4.23. The van der Waals surface area contributed by atoms with Crippen molar-refractivity contribution in [2.75, 3.05) is 20.8 Å². The minimum Gasteiger partial charge on any atom is -0.493 e. The number of ether oxygens (including phenoxy) is 2. The van der Waals surface area contributed by atoms with Gasteiger partial charge in [-0.2, -0.15) is 0 Å². The molecule has 168 valence electrons. The molecule has 4 rings (SSSR count). The fourth-order valence-corrected chi connectivity index (χ4v) is 4.26. The Kier molecular flexibility index (Phi) is 6.23. The van der Waals surface area contributed by atoms with Crippen LogP contribution < -0.4 is 14.8 Å². The van der Waals surface area contributed by atoms with Crippen molar-refractivity contribution in [3.8, 4) is 11.5 Å². The largest absolute Gasteiger partial charge is 0.493 e. The van der Waals surface area contributed by atoms with Crippen LogP contribution in [0.25, 0.3) is 0 Å². The molecule has 0 unspecified atom stereocenters. The van der Waals surface area contributed by atoms with Gasteiger partial charge in [0.1, 0.15) is 6.04 Å². The molecule has 4 amide bonds. The zero-order valence-electron chi connectivity index (χ0n) is 17.9. The summed E-state index contributed by atoms with van der Waals surface area (Å²) in [6.07, 6.45) is 0.581. The molecule has 0 aromatic heterocycles. The molecular weight excluding hydrogens is 434 g/mol. The van der Waals surface area contributed by atoms with Gasteiger partial charge in [0.15, 0.2) is 11.5 Å². The lowest BCUT2D eigenvalue weighted by Crippen LogP contribution is -2.41. The van der Waals surface area contributed by atoms with Crippen LogP contribution in [0.4, 0.5) is 4.79 Å². The van der Waals surface area contributed by atoms with E-state index in [2.05, 4.69) is 5.32 Å². The van der Waals surface area contributed by atoms with Gasteiger partial charge in [0.25, 0.3) is 5.91 Å². The SMILES string of the molecule is COc1cc2c(cc1OC)CN(C(=O)C[C@H]1NC(=O)N(Cc3ccccc3Cl)C1=O)CC2. The van der Waals surface area contributed by atoms with Crippen LogP contribution in [-0.4, -0.2) is 54.5 Å². The molecule has 2 aromatic carbocycles. The van der Waals surface area contributed by atoms with Crippen LogP contribution in [0, 0.1) is 0 Å². The van der Waals surface area contributed by atoms with E-state index in [9.17, 15) is 14.4 Å². The summed E-state index contributed by atoms with van der Waals surface area (Å²) < 4.78 is 10.7. The Morgan fingerprint density at radius 2 is 1.81 bits per heavy atom. The maximum absolute atomic E-state index is 12.9. The third-order valence-electron chi connectivity index (χ3n) is 5.84. The summed E-state index contributed by atoms with van der Waals surface area (Å²) in [5.41, 5.74) is 2.74. The van der Waals surface area contributed by atoms with E-state index in [1.807, 2.05) is 12.1 Å². The van der Waals surface area contributed by atoms with Crippen molar-refractivity contribution in [1.82, 2.24) is 15.1 Å². The molecule has 8 nitrogen and oxygen atoms in total. The Bertz CT molecular complexity index is 1070. The number of hydrogen-bond donors (Lipinski definition) is 1. The number of rotatable bonds is 6. The number of fused-ring (bicyclic) bond motifs is 1. The van der Waals surface area contributed by atoms with Gasteiger partial charge in [-0.25, -0.2) is 4.79 Å². The Labute approximate surface area is 191 Å². The molecule has 1 saturated heterocycles. The van der Waals surface area contributed by atoms with Gasteiger partial charge in [0.05, 0.1) is 27.2 Å². The number of methoxy groups -OCH3 is 2. The van der Waals surface area contributed by atoms with Crippen LogP contribution >= 0.6 is 11.6 Å². The van der Waals surface area contributed by atoms with Crippen LogP contribution in [0.2, 0.25) is 5.02 Å². The number of carbonyl (C=O) groups excluding carboxylic acids is 3. The molecule has 0 aliphatic carbocycles. The van der Waals surface area contributed by atoms with E-state index in [-0.39, 0.29) is 18.9 Å². The Hall–Kier alpha value is -3.26. The van der Waals surface area contributed by atoms with E-state index in [0.717, 1.165) is 16.0 Å². The van der Waals surface area contributed by atoms with E-state index in [1.54, 1.807) is 43.4 Å². The van der Waals surface area contributed by atoms with Gasteiger partial charge >= 0.3 is 6.03 Å². The first kappa shape index (κ1) is 22.0. The molecule has 2 heterocycles. The highest BCUT2D eigenvalue weighted by atomic mass is 35.5. The van der Waals surface area contributed by atoms with Gasteiger partial charge in [-0.05, 0) is 41.3 Å². The van der Waals surface area contributed by atoms with Crippen molar-refractivity contribution in [2.24, 2.45) is 0 Å². The van der Waals surface area contributed by atoms with Crippen molar-refractivity contribution in [3.63, 3.8) is 0 Å². The van der Waals surface area contributed by atoms with Gasteiger partial charge in [-0.3, -0.25) is 14.5 Å². The number of benzene rings is 2. The molecule has 0 saturated carbocycles. The number of halogens is 1. The van der Waals surface area contributed by atoms with E-state index in [1.165, 1.54) is 0 Å². The quantitative estimate of drug-likeness (QED) is 0.674. The van der Waals surface area contributed by atoms with Crippen LogP contribution in [-0.2, 0) is 29.1 Å². The van der Waals surface area contributed by atoms with Gasteiger partial charge in [-0.1, -0.05) is 29.8 Å². The van der Waals surface area contributed by atoms with Gasteiger partial charge in [0.2, 0.25) is 5.91 Å². The van der Waals surface area contributed by atoms with Crippen molar-refractivity contribution < 1.29 is 23.9 Å². The molecule has 1 fully saturated rings. The number of nitrogens with zero attached hydrogens (tertiary/aromatic N) is 2. The normalized spacial score (nSPS) is 17.8. The highest BCUT2D eigenvalue weighted by Crippen LogP contribution is 2.33. The Morgan fingerprint density at radius 1 is 1.12 bits per heavy atom. The lowest BCUT2D eigenvalue weighted by Gasteiger charge is -2.30. The molecule has 2 aliphatic rings. The van der Waals surface area contributed by atoms with Crippen molar-refractivity contribution in [1.29, 1.82) is 0 Å². The van der Waals surface area contributed by atoms with Crippen molar-refractivity contribution in [3.05, 3.63) is 58.1 Å². The number of carbonyl (C=O) groups is 3. The van der Waals surface area contributed by atoms with E-state index < -0.39 is 18.0 Å². The minimum atomic E-state index is -0.885. The molecule has 1 atom stereocenters. The summed E-state index contributed by atoms with van der Waals surface area (Å²) in [6.45, 7) is 1.000. The van der Waals surface area contributed by atoms with Crippen molar-refractivity contribution >= 4 is 29.4 Å². The van der Waals surface area contributed by atoms with Gasteiger partial charge in [-0.15, -0.1) is 0 Å². The summed E-state index contributed by atoms with van der Waals surface area (Å²) in [5, 5.41) is 3.10. The summed E-state index contributed by atoms with van der Waals surface area (Å²) in [6, 6.07) is 9.44. The Morgan fingerprint density at radius 3 is 2.50 bits per heavy atom. The first-order chi connectivity index (χ1) is 15.4. The lowest BCUT2D eigenvalue weighted by atomic mass is 9.98. The molecule has 2 aliphatic heterocycles. The summed E-state index contributed by atoms with van der Waals surface area (Å²) in [7, 11) is 3.16. The second-order valence-corrected chi connectivity index (χ2v) is 8.17. The number of hydrogen-bond acceptors (Lipinski definition) is 5. The highest BCUT2D eigenvalue weighted by molar-refractivity contribution is 6.31. The second kappa shape index (κ2) is 9.08. The van der Waals surface area contributed by atoms with E-state index >= 15 is 0 Å². The Balaban J connectivity index is 1.42. The molecule has 1 N–H and O–H groups in total. The first-order valence-electron chi connectivity index (χ1n) is 10.3. The fraction of sp³-hybridized carbons (Fsp3) is 0.348. The third-order valence-corrected chi connectivity index (χ3v) is 6.21. The van der Waals surface area contributed by atoms with Crippen molar-refractivity contribution in [2.45, 2.75) is 32.0 Å². The molecule has 9 heteroatoms. The topological polar surface area (TPSA) is 88.2 Å². The zero-order chi connectivity index (χ0) is 22.8. The molecule has 0 bridgehead atoms. The second-order valence-electron chi connectivity index (χ2n) is 7.76. The minimum absolute atomic E-state index is 0.0632. The van der Waals surface area contributed by atoms with Crippen LogP contribution in [0.3, 0.4) is 0 Å². The number of imide groups is 1. The zero-order valence-corrected chi connectivity index (χ0v) is 18.6. The van der Waals surface area contributed by atoms with E-state index in [4.69, 9.17) is 21.1 Å². The molecular formula is C23H24ClN3O5. The first-order valence-corrected chi connectivity index (χ1v) is 10.7. The summed E-state index contributed by atoms with van der Waals surface area (Å²) in [5.74, 6) is 0.647. The smallest absolute Gasteiger partial charge is 0.325 e. The van der Waals surface area contributed by atoms with Crippen LogP contribution in [0.5, 0.6) is 11.5 Å². The average Bonchev–Trinajstić information content (AvgIpc) is 3.06. The summed E-state index contributed by atoms with van der Waals surface area (Å²) in [4.78, 5) is 40.9. The van der Waals surface area contributed by atoms with Crippen LogP contribution in [0.15, 0.2) is 36.4 Å². The standard InChI is InChI=1S/C23H24ClN3O5/c1-31-19-9-14-7-8-26(12-16(14)10-20(19)32-2)21(28)11-18-22(29)27(23(30)25-18)13-15-5-3-4-6-17(15)24/h3-6,9-10,18H,7-8,11-13H2,1-2H3,(H,25,30)/t18-/m1/s1. The van der Waals surface area contributed by atoms with E-state index in [0.29, 0.717) is 41.6 Å². The van der Waals surface area contributed by atoms with Gasteiger partial charge in [0, 0.05) is 18.1 Å². The number of nitrogens with one attached hydrogen (secondary N) is 1.